The average Bonchev–Trinajstić information content (AvgIpc) is 2.86. The van der Waals surface area contributed by atoms with Gasteiger partial charge >= 0.3 is 21.7 Å². The van der Waals surface area contributed by atoms with E-state index in [4.69, 9.17) is 0 Å². The normalized spacial score (nSPS) is 37.5. The van der Waals surface area contributed by atoms with Crippen molar-refractivity contribution in [2.24, 2.45) is 29.6 Å². The molecule has 2 aliphatic carbocycles. The molecule has 0 radical (unpaired) electrons. The van der Waals surface area contributed by atoms with Gasteiger partial charge in [0.2, 0.25) is 0 Å². The molecule has 0 amide bonds. The van der Waals surface area contributed by atoms with E-state index in [1.165, 1.54) is 32.1 Å². The van der Waals surface area contributed by atoms with Gasteiger partial charge in [-0.05, 0) is 29.6 Å². The second kappa shape index (κ2) is 11.5. The molecule has 0 spiro atoms. The maximum absolute atomic E-state index is 2.40. The van der Waals surface area contributed by atoms with Crippen LogP contribution in [0.2, 0.25) is 0 Å². The monoisotopic (exact) mass is 288 g/mol. The molecule has 0 aliphatic heterocycles. The Morgan fingerprint density at radius 2 is 0.556 bits per heavy atom. The van der Waals surface area contributed by atoms with E-state index in [2.05, 4.69) is 34.6 Å². The van der Waals surface area contributed by atoms with Gasteiger partial charge in [0.05, 0.1) is 0 Å². The van der Waals surface area contributed by atoms with Gasteiger partial charge in [-0.15, -0.1) is 0 Å². The van der Waals surface area contributed by atoms with E-state index in [-0.39, 0.29) is 36.6 Å². The molecule has 0 atom stereocenters. The van der Waals surface area contributed by atoms with Crippen LogP contribution < -0.4 is 0 Å². The van der Waals surface area contributed by atoms with Crippen molar-refractivity contribution in [1.82, 2.24) is 0 Å². The molecule has 0 aromatic rings. The van der Waals surface area contributed by atoms with Gasteiger partial charge in [0, 0.05) is 0 Å². The number of hydrogen-bond donors (Lipinski definition) is 0. The Labute approximate surface area is 133 Å². The topological polar surface area (TPSA) is 0 Å². The van der Waals surface area contributed by atoms with Crippen LogP contribution in [0, 0.1) is 44.4 Å². The zero-order valence-electron chi connectivity index (χ0n) is 13.9. The second-order valence-electron chi connectivity index (χ2n) is 6.06. The summed E-state index contributed by atoms with van der Waals surface area (Å²) < 4.78 is 0. The maximum atomic E-state index is 2.40. The third-order valence-corrected chi connectivity index (χ3v) is 5.40. The van der Waals surface area contributed by atoms with E-state index in [0.717, 1.165) is 29.6 Å². The van der Waals surface area contributed by atoms with Crippen LogP contribution in [0.4, 0.5) is 0 Å². The van der Waals surface area contributed by atoms with Crippen molar-refractivity contribution in [1.29, 1.82) is 0 Å². The maximum Gasteiger partial charge on any atom is 4.00 e. The molecule has 0 aromatic carbocycles. The van der Waals surface area contributed by atoms with Crippen LogP contribution in [0.1, 0.15) is 66.7 Å². The summed E-state index contributed by atoms with van der Waals surface area (Å²) in [7, 11) is 0. The molecule has 2 saturated carbocycles. The Hall–Kier alpha value is 0.714. The largest absolute Gasteiger partial charge is 4.00 e. The molecule has 0 unspecified atom stereocenters. The number of hydrogen-bond acceptors (Lipinski definition) is 0. The first-order valence-corrected chi connectivity index (χ1v) is 7.05. The molecule has 0 aromatic heterocycles. The van der Waals surface area contributed by atoms with E-state index in [1.54, 1.807) is 0 Å². The van der Waals surface area contributed by atoms with Crippen LogP contribution in [-0.2, 0) is 21.7 Å². The first-order valence-electron chi connectivity index (χ1n) is 7.05. The fourth-order valence-corrected chi connectivity index (χ4v) is 3.28. The minimum absolute atomic E-state index is 0. The minimum atomic E-state index is 0. The molecule has 0 N–H and O–H groups in total. The summed E-state index contributed by atoms with van der Waals surface area (Å²) in [6.07, 6.45) is 7.50. The molecule has 106 valence electrons. The Balaban J connectivity index is -0.000000245. The van der Waals surface area contributed by atoms with Crippen molar-refractivity contribution in [2.75, 3.05) is 0 Å². The van der Waals surface area contributed by atoms with Crippen LogP contribution in [0.15, 0.2) is 0 Å². The fraction of sp³-hybridized carbons (Fsp3) is 0.882. The molecule has 0 heterocycles. The quantitative estimate of drug-likeness (QED) is 0.377. The third kappa shape index (κ3) is 6.24. The standard InChI is InChI=1S/C10H20.C5H10.2CH3.Ti/c1-6-7(2)9(4)10(5)8(6)3;1-2-4-5-3-1;;;/h6-10H,1-5H3;1-5H2;2*1H3;/q;;2*-1;+4. The summed E-state index contributed by atoms with van der Waals surface area (Å²) >= 11 is 0. The van der Waals surface area contributed by atoms with Gasteiger partial charge in [-0.1, -0.05) is 66.7 Å². The van der Waals surface area contributed by atoms with E-state index < -0.39 is 0 Å². The molecule has 2 fully saturated rings. The smallest absolute Gasteiger partial charge is 0.358 e. The van der Waals surface area contributed by atoms with E-state index >= 15 is 0 Å². The molecule has 0 bridgehead atoms. The Bertz CT molecular complexity index is 122. The Morgan fingerprint density at radius 1 is 0.444 bits per heavy atom. The SMILES string of the molecule is C1CCCC1.CC1C(C)C(C)C(C)C1C.[CH3-].[CH3-].[Ti+4]. The zero-order chi connectivity index (χ0) is 11.4. The molecule has 0 saturated heterocycles. The summed E-state index contributed by atoms with van der Waals surface area (Å²) in [6.45, 7) is 12.0. The van der Waals surface area contributed by atoms with Gasteiger partial charge in [-0.2, -0.15) is 0 Å². The molecule has 0 nitrogen and oxygen atoms in total. The van der Waals surface area contributed by atoms with Gasteiger partial charge in [0.15, 0.2) is 0 Å². The van der Waals surface area contributed by atoms with Crippen LogP contribution in [-0.4, -0.2) is 0 Å². The van der Waals surface area contributed by atoms with E-state index in [9.17, 15) is 0 Å². The third-order valence-electron chi connectivity index (χ3n) is 5.40. The van der Waals surface area contributed by atoms with Crippen molar-refractivity contribution in [2.45, 2.75) is 66.7 Å². The summed E-state index contributed by atoms with van der Waals surface area (Å²) in [5.74, 6) is 4.68. The van der Waals surface area contributed by atoms with Gasteiger partial charge in [0.25, 0.3) is 0 Å². The van der Waals surface area contributed by atoms with Gasteiger partial charge in [0.1, 0.15) is 0 Å². The van der Waals surface area contributed by atoms with Crippen molar-refractivity contribution < 1.29 is 21.7 Å². The molecule has 18 heavy (non-hydrogen) atoms. The second-order valence-corrected chi connectivity index (χ2v) is 6.06. The average molecular weight is 288 g/mol. The van der Waals surface area contributed by atoms with Crippen molar-refractivity contribution in [3.05, 3.63) is 14.9 Å². The first-order chi connectivity index (χ1) is 7.05. The van der Waals surface area contributed by atoms with Gasteiger partial charge < -0.3 is 14.9 Å². The number of rotatable bonds is 0. The molecule has 1 heteroatoms. The minimum Gasteiger partial charge on any atom is -0.358 e. The van der Waals surface area contributed by atoms with Crippen LogP contribution >= 0.6 is 0 Å². The van der Waals surface area contributed by atoms with Crippen molar-refractivity contribution in [3.63, 3.8) is 0 Å². The van der Waals surface area contributed by atoms with E-state index in [1.807, 2.05) is 0 Å². The van der Waals surface area contributed by atoms with Crippen molar-refractivity contribution >= 4 is 0 Å². The molecule has 2 rings (SSSR count). The van der Waals surface area contributed by atoms with Crippen LogP contribution in [0.3, 0.4) is 0 Å². The Kier molecular flexibility index (Phi) is 15.2. The van der Waals surface area contributed by atoms with Crippen LogP contribution in [0.25, 0.3) is 0 Å². The Morgan fingerprint density at radius 3 is 0.667 bits per heavy atom. The fourth-order valence-electron chi connectivity index (χ4n) is 3.28. The van der Waals surface area contributed by atoms with Gasteiger partial charge in [-0.3, -0.25) is 0 Å². The summed E-state index contributed by atoms with van der Waals surface area (Å²) in [6, 6.07) is 0. The summed E-state index contributed by atoms with van der Waals surface area (Å²) in [5, 5.41) is 0. The summed E-state index contributed by atoms with van der Waals surface area (Å²) in [5.41, 5.74) is 0. The predicted octanol–water partition coefficient (Wildman–Crippen LogP) is 6.03. The predicted molar refractivity (Wildman–Crippen MR) is 81.7 cm³/mol. The molecule has 2 aliphatic rings. The summed E-state index contributed by atoms with van der Waals surface area (Å²) in [4.78, 5) is 0. The van der Waals surface area contributed by atoms with Gasteiger partial charge in [-0.25, -0.2) is 0 Å². The zero-order valence-corrected chi connectivity index (χ0v) is 15.5. The van der Waals surface area contributed by atoms with E-state index in [0.29, 0.717) is 0 Å². The van der Waals surface area contributed by atoms with Crippen LogP contribution in [0.5, 0.6) is 0 Å². The molecular weight excluding hydrogens is 252 g/mol. The molecular formula is C17H36Ti+2. The van der Waals surface area contributed by atoms with Crippen molar-refractivity contribution in [3.8, 4) is 0 Å². The first kappa shape index (κ1) is 23.8.